The Morgan fingerprint density at radius 3 is 2.61 bits per heavy atom. The molecule has 0 saturated carbocycles. The fourth-order valence-electron chi connectivity index (χ4n) is 3.18. The average molecular weight is 466 g/mol. The summed E-state index contributed by atoms with van der Waals surface area (Å²) in [7, 11) is 0. The van der Waals surface area contributed by atoms with E-state index in [4.69, 9.17) is 28.6 Å². The summed E-state index contributed by atoms with van der Waals surface area (Å²) in [6.45, 7) is 4.45. The molecule has 4 rings (SSSR count). The second kappa shape index (κ2) is 9.27. The predicted molar refractivity (Wildman–Crippen MR) is 134 cm³/mol. The highest BCUT2D eigenvalue weighted by Gasteiger charge is 2.33. The minimum atomic E-state index is -0.111. The molecule has 0 N–H and O–H groups in total. The standard InChI is InChI=1S/C25H20ClNO2S2/c1-16-10-11-20(12-17(16)2)27-24(28)23(31-25(27)30)14-18-6-5-8-21(13-18)29-15-19-7-3-4-9-22(19)26/h3-14H,15H2,1-2H3/b23-14+. The monoisotopic (exact) mass is 465 g/mol. The molecule has 1 amide bonds. The molecule has 0 bridgehead atoms. The lowest BCUT2D eigenvalue weighted by Gasteiger charge is -2.15. The van der Waals surface area contributed by atoms with Gasteiger partial charge in [0.25, 0.3) is 5.91 Å². The van der Waals surface area contributed by atoms with Crippen molar-refractivity contribution in [2.45, 2.75) is 20.5 Å². The molecule has 0 atom stereocenters. The summed E-state index contributed by atoms with van der Waals surface area (Å²) in [5, 5.41) is 0.675. The molecule has 0 spiro atoms. The minimum absolute atomic E-state index is 0.111. The van der Waals surface area contributed by atoms with Gasteiger partial charge in [-0.1, -0.05) is 72.0 Å². The molecule has 0 aliphatic carbocycles. The first-order valence-corrected chi connectivity index (χ1v) is 11.3. The van der Waals surface area contributed by atoms with Crippen LogP contribution in [0.4, 0.5) is 5.69 Å². The molecule has 0 unspecified atom stereocenters. The van der Waals surface area contributed by atoms with Gasteiger partial charge in [-0.15, -0.1) is 0 Å². The Morgan fingerprint density at radius 2 is 1.84 bits per heavy atom. The predicted octanol–water partition coefficient (Wildman–Crippen LogP) is 6.94. The van der Waals surface area contributed by atoms with Crippen molar-refractivity contribution in [2.24, 2.45) is 0 Å². The molecule has 0 radical (unpaired) electrons. The van der Waals surface area contributed by atoms with Crippen LogP contribution < -0.4 is 9.64 Å². The van der Waals surface area contributed by atoms with Gasteiger partial charge in [-0.2, -0.15) is 0 Å². The van der Waals surface area contributed by atoms with Gasteiger partial charge in [0.1, 0.15) is 12.4 Å². The van der Waals surface area contributed by atoms with Gasteiger partial charge in [0.2, 0.25) is 0 Å². The highest BCUT2D eigenvalue weighted by molar-refractivity contribution is 8.27. The number of aryl methyl sites for hydroxylation is 2. The van der Waals surface area contributed by atoms with E-state index < -0.39 is 0 Å². The summed E-state index contributed by atoms with van der Waals surface area (Å²) in [5.41, 5.74) is 4.89. The maximum atomic E-state index is 13.1. The van der Waals surface area contributed by atoms with E-state index in [9.17, 15) is 4.79 Å². The first kappa shape index (κ1) is 21.6. The van der Waals surface area contributed by atoms with Gasteiger partial charge >= 0.3 is 0 Å². The van der Waals surface area contributed by atoms with Crippen LogP contribution in [0.5, 0.6) is 5.75 Å². The van der Waals surface area contributed by atoms with Crippen LogP contribution in [0.15, 0.2) is 71.6 Å². The van der Waals surface area contributed by atoms with E-state index in [1.165, 1.54) is 17.3 Å². The number of benzene rings is 3. The summed E-state index contributed by atoms with van der Waals surface area (Å²) < 4.78 is 6.43. The average Bonchev–Trinajstić information content (AvgIpc) is 3.03. The zero-order valence-electron chi connectivity index (χ0n) is 17.1. The number of halogens is 1. The number of ether oxygens (including phenoxy) is 1. The lowest BCUT2D eigenvalue weighted by atomic mass is 10.1. The molecule has 1 saturated heterocycles. The number of rotatable bonds is 5. The lowest BCUT2D eigenvalue weighted by Crippen LogP contribution is -2.27. The van der Waals surface area contributed by atoms with Gasteiger partial charge < -0.3 is 4.74 Å². The van der Waals surface area contributed by atoms with E-state index in [0.717, 1.165) is 22.4 Å². The number of amides is 1. The van der Waals surface area contributed by atoms with Crippen LogP contribution in [0.2, 0.25) is 5.02 Å². The van der Waals surface area contributed by atoms with Crippen molar-refractivity contribution in [2.75, 3.05) is 4.90 Å². The summed E-state index contributed by atoms with van der Waals surface area (Å²) in [5.74, 6) is 0.596. The SMILES string of the molecule is Cc1ccc(N2C(=O)/C(=C\c3cccc(OCc4ccccc4Cl)c3)SC2=S)cc1C. The smallest absolute Gasteiger partial charge is 0.270 e. The van der Waals surface area contributed by atoms with Crippen LogP contribution in [0.3, 0.4) is 0 Å². The number of thioether (sulfide) groups is 1. The van der Waals surface area contributed by atoms with Crippen LogP contribution in [0.1, 0.15) is 22.3 Å². The Bertz CT molecular complexity index is 1210. The Kier molecular flexibility index (Phi) is 6.46. The normalized spacial score (nSPS) is 15.1. The number of carbonyl (C=O) groups excluding carboxylic acids is 1. The van der Waals surface area contributed by atoms with Gasteiger partial charge in [0, 0.05) is 10.6 Å². The Labute approximate surface area is 196 Å². The fraction of sp³-hybridized carbons (Fsp3) is 0.120. The van der Waals surface area contributed by atoms with Gasteiger partial charge in [-0.25, -0.2) is 0 Å². The number of hydrogen-bond acceptors (Lipinski definition) is 4. The van der Waals surface area contributed by atoms with Gasteiger partial charge in [0.05, 0.1) is 10.6 Å². The van der Waals surface area contributed by atoms with E-state index >= 15 is 0 Å². The molecular formula is C25H20ClNO2S2. The van der Waals surface area contributed by atoms with Crippen molar-refractivity contribution in [3.05, 3.63) is 98.9 Å². The number of thiocarbonyl (C=S) groups is 1. The largest absolute Gasteiger partial charge is 0.489 e. The molecule has 3 nitrogen and oxygen atoms in total. The molecule has 156 valence electrons. The van der Waals surface area contributed by atoms with Crippen molar-refractivity contribution in [3.8, 4) is 5.75 Å². The maximum absolute atomic E-state index is 13.1. The highest BCUT2D eigenvalue weighted by atomic mass is 35.5. The third kappa shape index (κ3) is 4.85. The Hall–Kier alpha value is -2.60. The Morgan fingerprint density at radius 1 is 1.03 bits per heavy atom. The van der Waals surface area contributed by atoms with Crippen LogP contribution in [-0.4, -0.2) is 10.2 Å². The van der Waals surface area contributed by atoms with Crippen molar-refractivity contribution in [1.29, 1.82) is 0 Å². The van der Waals surface area contributed by atoms with E-state index in [1.807, 2.05) is 86.7 Å². The zero-order valence-corrected chi connectivity index (χ0v) is 19.5. The molecule has 1 fully saturated rings. The molecule has 0 aromatic heterocycles. The molecule has 1 aliphatic heterocycles. The van der Waals surface area contributed by atoms with Crippen molar-refractivity contribution < 1.29 is 9.53 Å². The molecule has 1 heterocycles. The minimum Gasteiger partial charge on any atom is -0.489 e. The van der Waals surface area contributed by atoms with E-state index in [0.29, 0.717) is 26.6 Å². The second-order valence-corrected chi connectivity index (χ2v) is 9.32. The third-order valence-electron chi connectivity index (χ3n) is 5.05. The highest BCUT2D eigenvalue weighted by Crippen LogP contribution is 2.36. The molecule has 3 aromatic rings. The second-order valence-electron chi connectivity index (χ2n) is 7.24. The molecule has 1 aliphatic rings. The van der Waals surface area contributed by atoms with E-state index in [2.05, 4.69) is 0 Å². The topological polar surface area (TPSA) is 29.5 Å². The summed E-state index contributed by atoms with van der Waals surface area (Å²) >= 11 is 13.0. The molecule has 31 heavy (non-hydrogen) atoms. The number of carbonyl (C=O) groups is 1. The third-order valence-corrected chi connectivity index (χ3v) is 6.72. The van der Waals surface area contributed by atoms with Crippen molar-refractivity contribution in [3.63, 3.8) is 0 Å². The summed E-state index contributed by atoms with van der Waals surface area (Å²) in [6.07, 6.45) is 1.85. The molecular weight excluding hydrogens is 446 g/mol. The van der Waals surface area contributed by atoms with Gasteiger partial charge in [-0.05, 0) is 66.9 Å². The van der Waals surface area contributed by atoms with Crippen LogP contribution in [0.25, 0.3) is 6.08 Å². The number of anilines is 1. The fourth-order valence-corrected chi connectivity index (χ4v) is 4.67. The van der Waals surface area contributed by atoms with Gasteiger partial charge in [0.15, 0.2) is 4.32 Å². The van der Waals surface area contributed by atoms with Crippen molar-refractivity contribution >= 4 is 57.6 Å². The molecule has 3 aromatic carbocycles. The summed E-state index contributed by atoms with van der Waals surface area (Å²) in [4.78, 5) is 15.2. The quantitative estimate of drug-likeness (QED) is 0.301. The van der Waals surface area contributed by atoms with Gasteiger partial charge in [-0.3, -0.25) is 9.69 Å². The van der Waals surface area contributed by atoms with E-state index in [1.54, 1.807) is 4.90 Å². The molecule has 6 heteroatoms. The number of hydrogen-bond donors (Lipinski definition) is 0. The zero-order chi connectivity index (χ0) is 22.0. The van der Waals surface area contributed by atoms with Crippen LogP contribution >= 0.6 is 35.6 Å². The first-order valence-electron chi connectivity index (χ1n) is 9.74. The van der Waals surface area contributed by atoms with Crippen LogP contribution in [-0.2, 0) is 11.4 Å². The Balaban J connectivity index is 1.53. The lowest BCUT2D eigenvalue weighted by molar-refractivity contribution is -0.113. The maximum Gasteiger partial charge on any atom is 0.270 e. The first-order chi connectivity index (χ1) is 14.9. The van der Waals surface area contributed by atoms with Crippen molar-refractivity contribution in [1.82, 2.24) is 0 Å². The van der Waals surface area contributed by atoms with Crippen LogP contribution in [0, 0.1) is 13.8 Å². The van der Waals surface area contributed by atoms with E-state index in [-0.39, 0.29) is 5.91 Å². The summed E-state index contributed by atoms with van der Waals surface area (Å²) in [6, 6.07) is 21.1. The number of nitrogens with zero attached hydrogens (tertiary/aromatic N) is 1.